The molecule has 43 heavy (non-hydrogen) atoms. The summed E-state index contributed by atoms with van der Waals surface area (Å²) in [5.74, 6) is -0.228. The number of benzene rings is 2. The molecular weight excluding hydrogens is 538 g/mol. The van der Waals surface area contributed by atoms with Gasteiger partial charge >= 0.3 is 5.97 Å². The van der Waals surface area contributed by atoms with Gasteiger partial charge in [0.05, 0.1) is 23.7 Å². The molecule has 1 unspecified atom stereocenters. The molecule has 0 saturated carbocycles. The number of aromatic nitrogens is 1. The second kappa shape index (κ2) is 13.6. The molecule has 2 aliphatic rings. The van der Waals surface area contributed by atoms with Crippen LogP contribution in [0.1, 0.15) is 59.7 Å². The lowest BCUT2D eigenvalue weighted by atomic mass is 9.91. The first-order valence-corrected chi connectivity index (χ1v) is 15.3. The Morgan fingerprint density at radius 1 is 1.23 bits per heavy atom. The number of pyridine rings is 1. The number of carboxylic acid groups (broad SMARTS) is 1. The summed E-state index contributed by atoms with van der Waals surface area (Å²) in [7, 11) is 1.72. The minimum Gasteiger partial charge on any atom is -0.488 e. The fourth-order valence-electron chi connectivity index (χ4n) is 6.03. The van der Waals surface area contributed by atoms with E-state index in [0.717, 1.165) is 68.1 Å². The number of aliphatic carboxylic acids is 1. The van der Waals surface area contributed by atoms with Crippen LogP contribution in [-0.4, -0.2) is 58.7 Å². The summed E-state index contributed by atoms with van der Waals surface area (Å²) >= 11 is 0. The molecule has 7 nitrogen and oxygen atoms in total. The first-order chi connectivity index (χ1) is 20.8. The predicted octanol–water partition coefficient (Wildman–Crippen LogP) is 6.76. The number of unbranched alkanes of at least 4 members (excludes halogenated alkanes) is 1. The Hall–Kier alpha value is -3.94. The van der Waals surface area contributed by atoms with Gasteiger partial charge in [-0.25, -0.2) is 9.78 Å². The summed E-state index contributed by atoms with van der Waals surface area (Å²) < 4.78 is 12.1. The zero-order valence-electron chi connectivity index (χ0n) is 25.9. The Morgan fingerprint density at radius 3 is 2.81 bits per heavy atom. The van der Waals surface area contributed by atoms with Crippen LogP contribution in [0.3, 0.4) is 0 Å². The number of ether oxygens (including phenoxy) is 2. The second-order valence-electron chi connectivity index (χ2n) is 11.6. The topological polar surface area (TPSA) is 75.1 Å². The molecule has 2 aliphatic heterocycles. The van der Waals surface area contributed by atoms with Gasteiger partial charge in [-0.3, -0.25) is 4.90 Å². The van der Waals surface area contributed by atoms with Gasteiger partial charge < -0.3 is 19.5 Å². The van der Waals surface area contributed by atoms with Crippen LogP contribution in [0, 0.1) is 13.8 Å². The Kier molecular flexibility index (Phi) is 9.63. The van der Waals surface area contributed by atoms with Crippen LogP contribution in [0.25, 0.3) is 17.0 Å². The molecule has 1 saturated heterocycles. The van der Waals surface area contributed by atoms with Crippen molar-refractivity contribution >= 4 is 11.7 Å². The quantitative estimate of drug-likeness (QED) is 0.251. The number of nitrogens with zero attached hydrogens (tertiary/aromatic N) is 3. The van der Waals surface area contributed by atoms with E-state index >= 15 is 0 Å². The molecule has 5 rings (SSSR count). The Balaban J connectivity index is 1.35. The van der Waals surface area contributed by atoms with Crippen molar-refractivity contribution in [1.29, 1.82) is 0 Å². The van der Waals surface area contributed by atoms with E-state index in [0.29, 0.717) is 30.5 Å². The molecule has 1 fully saturated rings. The SMILES string of the molecule is C=C(c1cccc(-c2cc(C)ccc2OCc2ccc3c(c2C)CCN(C2CCOC2)C3)n1)N(C)C(=CCCC)C(=O)O. The van der Waals surface area contributed by atoms with E-state index in [9.17, 15) is 9.90 Å². The van der Waals surface area contributed by atoms with Gasteiger partial charge in [0.15, 0.2) is 0 Å². The summed E-state index contributed by atoms with van der Waals surface area (Å²) in [6.45, 7) is 14.7. The number of carbonyl (C=O) groups is 1. The largest absolute Gasteiger partial charge is 0.488 e. The Bertz CT molecular complexity index is 1520. The van der Waals surface area contributed by atoms with Gasteiger partial charge in [0.1, 0.15) is 18.1 Å². The fourth-order valence-corrected chi connectivity index (χ4v) is 6.03. The molecule has 3 heterocycles. The first kappa shape index (κ1) is 30.5. The number of aryl methyl sites for hydroxylation is 1. The highest BCUT2D eigenvalue weighted by Crippen LogP contribution is 2.33. The van der Waals surface area contributed by atoms with E-state index in [-0.39, 0.29) is 5.70 Å². The summed E-state index contributed by atoms with van der Waals surface area (Å²) in [5, 5.41) is 9.77. The van der Waals surface area contributed by atoms with Crippen molar-refractivity contribution in [3.8, 4) is 17.0 Å². The highest BCUT2D eigenvalue weighted by Gasteiger charge is 2.27. The third-order valence-electron chi connectivity index (χ3n) is 8.70. The summed E-state index contributed by atoms with van der Waals surface area (Å²) in [4.78, 5) is 21.0. The summed E-state index contributed by atoms with van der Waals surface area (Å²) in [6.07, 6.45) is 5.44. The smallest absolute Gasteiger partial charge is 0.352 e. The Morgan fingerprint density at radius 2 is 2.07 bits per heavy atom. The van der Waals surface area contributed by atoms with Crippen LogP contribution in [0.15, 0.2) is 66.9 Å². The maximum atomic E-state index is 11.9. The number of fused-ring (bicyclic) bond motifs is 1. The normalized spacial score (nSPS) is 17.0. The Labute approximate surface area is 255 Å². The van der Waals surface area contributed by atoms with Gasteiger partial charge in [-0.15, -0.1) is 0 Å². The van der Waals surface area contributed by atoms with E-state index in [1.165, 1.54) is 22.3 Å². The standard InChI is InChI=1S/C36H43N3O4/c1-6-7-11-34(36(40)41)38(5)26(4)32-9-8-10-33(37-32)31-20-24(2)12-15-35(31)43-22-28-14-13-27-21-39(29-17-19-42-23-29)18-16-30(27)25(28)3/h8-15,20,29H,4,6-7,16-19,21-23H2,1-3,5H3,(H,40,41). The molecular formula is C36H43N3O4. The van der Waals surface area contributed by atoms with E-state index in [2.05, 4.69) is 43.5 Å². The van der Waals surface area contributed by atoms with Crippen LogP contribution < -0.4 is 4.74 Å². The molecule has 7 heteroatoms. The average molecular weight is 582 g/mol. The third kappa shape index (κ3) is 6.84. The van der Waals surface area contributed by atoms with Gasteiger partial charge in [-0.1, -0.05) is 55.8 Å². The predicted molar refractivity (Wildman–Crippen MR) is 171 cm³/mol. The molecule has 0 aliphatic carbocycles. The van der Waals surface area contributed by atoms with Gasteiger partial charge in [-0.2, -0.15) is 0 Å². The number of hydrogen-bond donors (Lipinski definition) is 1. The first-order valence-electron chi connectivity index (χ1n) is 15.3. The lowest BCUT2D eigenvalue weighted by Gasteiger charge is -2.34. The highest BCUT2D eigenvalue weighted by molar-refractivity contribution is 5.88. The minimum atomic E-state index is -0.985. The second-order valence-corrected chi connectivity index (χ2v) is 11.6. The monoisotopic (exact) mass is 581 g/mol. The van der Waals surface area contributed by atoms with Gasteiger partial charge in [-0.05, 0) is 79.6 Å². The van der Waals surface area contributed by atoms with Crippen molar-refractivity contribution < 1.29 is 19.4 Å². The molecule has 1 aromatic heterocycles. The van der Waals surface area contributed by atoms with E-state index in [4.69, 9.17) is 14.5 Å². The van der Waals surface area contributed by atoms with Crippen LogP contribution in [0.2, 0.25) is 0 Å². The molecule has 3 aromatic rings. The molecule has 0 radical (unpaired) electrons. The van der Waals surface area contributed by atoms with E-state index in [1.807, 2.05) is 37.3 Å². The highest BCUT2D eigenvalue weighted by atomic mass is 16.5. The van der Waals surface area contributed by atoms with Gasteiger partial charge in [0, 0.05) is 38.3 Å². The zero-order valence-corrected chi connectivity index (χ0v) is 25.9. The van der Waals surface area contributed by atoms with Crippen molar-refractivity contribution in [2.75, 3.05) is 26.8 Å². The van der Waals surface area contributed by atoms with E-state index in [1.54, 1.807) is 18.0 Å². The number of rotatable bonds is 11. The molecule has 0 amide bonds. The fraction of sp³-hybridized carbons (Fsp3) is 0.389. The molecule has 0 spiro atoms. The molecule has 1 N–H and O–H groups in total. The number of allylic oxidation sites excluding steroid dienone is 1. The number of carboxylic acids is 1. The average Bonchev–Trinajstić information content (AvgIpc) is 3.56. The minimum absolute atomic E-state index is 0.194. The third-order valence-corrected chi connectivity index (χ3v) is 8.70. The van der Waals surface area contributed by atoms with E-state index < -0.39 is 5.97 Å². The van der Waals surface area contributed by atoms with Crippen LogP contribution in [0.4, 0.5) is 0 Å². The van der Waals surface area contributed by atoms with Crippen molar-refractivity contribution in [2.45, 2.75) is 65.6 Å². The number of likely N-dealkylation sites (N-methyl/N-ethyl adjacent to an activating group) is 1. The van der Waals surface area contributed by atoms with Crippen molar-refractivity contribution in [3.05, 3.63) is 100 Å². The lowest BCUT2D eigenvalue weighted by molar-refractivity contribution is -0.133. The maximum Gasteiger partial charge on any atom is 0.352 e. The molecule has 0 bridgehead atoms. The summed E-state index contributed by atoms with van der Waals surface area (Å²) in [6, 6.07) is 16.9. The van der Waals surface area contributed by atoms with Crippen molar-refractivity contribution in [3.63, 3.8) is 0 Å². The molecule has 2 aromatic carbocycles. The molecule has 226 valence electrons. The van der Waals surface area contributed by atoms with Crippen LogP contribution in [0.5, 0.6) is 5.75 Å². The maximum absolute atomic E-state index is 11.9. The van der Waals surface area contributed by atoms with Gasteiger partial charge in [0.2, 0.25) is 0 Å². The zero-order chi connectivity index (χ0) is 30.5. The molecule has 1 atom stereocenters. The van der Waals surface area contributed by atoms with Crippen LogP contribution in [-0.2, 0) is 29.1 Å². The van der Waals surface area contributed by atoms with Gasteiger partial charge in [0.25, 0.3) is 0 Å². The van der Waals surface area contributed by atoms with Crippen molar-refractivity contribution in [2.24, 2.45) is 0 Å². The number of hydrogen-bond acceptors (Lipinski definition) is 6. The van der Waals surface area contributed by atoms with Crippen molar-refractivity contribution in [1.82, 2.24) is 14.8 Å². The van der Waals surface area contributed by atoms with Crippen LogP contribution >= 0.6 is 0 Å². The summed E-state index contributed by atoms with van der Waals surface area (Å²) in [5.41, 5.74) is 9.44. The lowest BCUT2D eigenvalue weighted by Crippen LogP contribution is -2.39.